The summed E-state index contributed by atoms with van der Waals surface area (Å²) in [6.07, 6.45) is -0.384. The Balaban J connectivity index is 2.17. The zero-order valence-electron chi connectivity index (χ0n) is 16.5. The Bertz CT molecular complexity index is 677. The molecule has 1 aromatic carbocycles. The lowest BCUT2D eigenvalue weighted by Crippen LogP contribution is -3.16. The molecule has 8 nitrogen and oxygen atoms in total. The predicted molar refractivity (Wildman–Crippen MR) is 95.8 cm³/mol. The number of para-hydroxylation sites is 1. The third kappa shape index (κ3) is 5.03. The lowest BCUT2D eigenvalue weighted by molar-refractivity contribution is -0.928. The van der Waals surface area contributed by atoms with Gasteiger partial charge in [-0.05, 0) is 32.9 Å². The van der Waals surface area contributed by atoms with E-state index in [1.807, 2.05) is 20.8 Å². The highest BCUT2D eigenvalue weighted by Gasteiger charge is 2.35. The summed E-state index contributed by atoms with van der Waals surface area (Å²) in [4.78, 5) is 26.5. The van der Waals surface area contributed by atoms with E-state index in [1.54, 1.807) is 23.1 Å². The van der Waals surface area contributed by atoms with Crippen LogP contribution in [0, 0.1) is 0 Å². The fraction of sp³-hybridized carbons (Fsp3) is 0.579. The Morgan fingerprint density at radius 3 is 2.26 bits per heavy atom. The van der Waals surface area contributed by atoms with Crippen LogP contribution >= 0.6 is 0 Å². The first-order chi connectivity index (χ1) is 12.7. The molecule has 1 N–H and O–H groups in total. The Kier molecular flexibility index (Phi) is 6.54. The van der Waals surface area contributed by atoms with Crippen molar-refractivity contribution >= 4 is 12.1 Å². The minimum atomic E-state index is -1.19. The summed E-state index contributed by atoms with van der Waals surface area (Å²) in [5.74, 6) is -0.341. The molecule has 1 heterocycles. The molecule has 8 heteroatoms. The summed E-state index contributed by atoms with van der Waals surface area (Å²) in [7, 11) is 2.98. The molecule has 0 unspecified atom stereocenters. The summed E-state index contributed by atoms with van der Waals surface area (Å²) in [6, 6.07) is 4.22. The fourth-order valence-corrected chi connectivity index (χ4v) is 3.24. The number of carboxylic acids is 1. The van der Waals surface area contributed by atoms with Gasteiger partial charge in [-0.3, -0.25) is 4.90 Å². The van der Waals surface area contributed by atoms with Crippen LogP contribution in [0.1, 0.15) is 32.4 Å². The van der Waals surface area contributed by atoms with E-state index >= 15 is 0 Å². The maximum atomic E-state index is 12.2. The van der Waals surface area contributed by atoms with E-state index in [2.05, 4.69) is 0 Å². The topological polar surface area (TPSA) is 92.6 Å². The molecule has 0 bridgehead atoms. The Labute approximate surface area is 159 Å². The Morgan fingerprint density at radius 1 is 1.15 bits per heavy atom. The fourth-order valence-electron chi connectivity index (χ4n) is 3.24. The van der Waals surface area contributed by atoms with Gasteiger partial charge in [-0.2, -0.15) is 0 Å². The molecule has 1 aliphatic rings. The number of piperazine rings is 1. The normalized spacial score (nSPS) is 16.6. The molecule has 1 amide bonds. The summed E-state index contributed by atoms with van der Waals surface area (Å²) in [5, 5.41) is 11.9. The molecule has 1 aromatic rings. The number of hydrogen-bond acceptors (Lipinski definition) is 6. The van der Waals surface area contributed by atoms with Crippen LogP contribution in [0.25, 0.3) is 0 Å². The predicted octanol–water partition coefficient (Wildman–Crippen LogP) is -0.370. The van der Waals surface area contributed by atoms with Crippen LogP contribution in [0.3, 0.4) is 0 Å². The Hall–Kier alpha value is -2.48. The van der Waals surface area contributed by atoms with Gasteiger partial charge in [0, 0.05) is 0 Å². The van der Waals surface area contributed by atoms with Crippen molar-refractivity contribution in [2.24, 2.45) is 0 Å². The molecule has 0 aromatic heterocycles. The molecule has 27 heavy (non-hydrogen) atoms. The maximum absolute atomic E-state index is 12.2. The first-order valence-corrected chi connectivity index (χ1v) is 8.92. The quantitative estimate of drug-likeness (QED) is 0.749. The molecule has 0 saturated carbocycles. The monoisotopic (exact) mass is 380 g/mol. The minimum Gasteiger partial charge on any atom is -0.544 e. The van der Waals surface area contributed by atoms with Gasteiger partial charge in [0.25, 0.3) is 0 Å². The number of benzene rings is 1. The van der Waals surface area contributed by atoms with E-state index < -0.39 is 17.6 Å². The van der Waals surface area contributed by atoms with Crippen molar-refractivity contribution in [3.8, 4) is 11.5 Å². The van der Waals surface area contributed by atoms with E-state index in [1.165, 1.54) is 14.2 Å². The van der Waals surface area contributed by atoms with Gasteiger partial charge in [0.05, 0.1) is 46.0 Å². The molecule has 150 valence electrons. The number of rotatable bonds is 5. The first-order valence-electron chi connectivity index (χ1n) is 8.92. The lowest BCUT2D eigenvalue weighted by atomic mass is 10.0. The molecule has 0 radical (unpaired) electrons. The van der Waals surface area contributed by atoms with Gasteiger partial charge in [0.15, 0.2) is 17.5 Å². The van der Waals surface area contributed by atoms with Crippen LogP contribution in [0.15, 0.2) is 18.2 Å². The number of nitrogens with one attached hydrogen (secondary N) is 1. The number of quaternary nitrogens is 1. The van der Waals surface area contributed by atoms with E-state index in [-0.39, 0.29) is 6.09 Å². The second kappa shape index (κ2) is 8.47. The Morgan fingerprint density at radius 2 is 1.78 bits per heavy atom. The highest BCUT2D eigenvalue weighted by molar-refractivity contribution is 5.74. The van der Waals surface area contributed by atoms with Crippen LogP contribution in [0.2, 0.25) is 0 Å². The van der Waals surface area contributed by atoms with Crippen LogP contribution in [0.5, 0.6) is 11.5 Å². The second-order valence-corrected chi connectivity index (χ2v) is 7.46. The van der Waals surface area contributed by atoms with Crippen molar-refractivity contribution in [1.29, 1.82) is 0 Å². The molecule has 1 aliphatic heterocycles. The molecular weight excluding hydrogens is 352 g/mol. The number of amides is 1. The maximum Gasteiger partial charge on any atom is 0.410 e. The smallest absolute Gasteiger partial charge is 0.410 e. The number of carbonyl (C=O) groups is 2. The van der Waals surface area contributed by atoms with Gasteiger partial charge in [0.1, 0.15) is 11.6 Å². The van der Waals surface area contributed by atoms with Gasteiger partial charge in [0.2, 0.25) is 0 Å². The average Bonchev–Trinajstić information content (AvgIpc) is 2.60. The van der Waals surface area contributed by atoms with Crippen molar-refractivity contribution in [1.82, 2.24) is 4.90 Å². The number of hydrogen-bond donors (Lipinski definition) is 1. The second-order valence-electron chi connectivity index (χ2n) is 7.46. The van der Waals surface area contributed by atoms with Crippen LogP contribution in [-0.2, 0) is 9.53 Å². The molecule has 0 aliphatic carbocycles. The molecule has 1 saturated heterocycles. The summed E-state index contributed by atoms with van der Waals surface area (Å²) in [6.45, 7) is 7.16. The van der Waals surface area contributed by atoms with Gasteiger partial charge in [-0.1, -0.05) is 6.07 Å². The highest BCUT2D eigenvalue weighted by Crippen LogP contribution is 2.33. The first kappa shape index (κ1) is 20.8. The molecule has 1 atom stereocenters. The van der Waals surface area contributed by atoms with Gasteiger partial charge in [-0.15, -0.1) is 0 Å². The zero-order chi connectivity index (χ0) is 20.2. The van der Waals surface area contributed by atoms with Gasteiger partial charge >= 0.3 is 6.09 Å². The van der Waals surface area contributed by atoms with Crippen LogP contribution in [0.4, 0.5) is 4.79 Å². The SMILES string of the molecule is COc1cccc([C@@H](C(=O)[O-])[NH+]2CCN(C(=O)OC(C)(C)C)CC2)c1OC. The average molecular weight is 380 g/mol. The van der Waals surface area contributed by atoms with E-state index in [9.17, 15) is 14.7 Å². The van der Waals surface area contributed by atoms with E-state index in [4.69, 9.17) is 14.2 Å². The number of carbonyl (C=O) groups excluding carboxylic acids is 2. The number of aliphatic carboxylic acids is 1. The number of carboxylic acid groups (broad SMARTS) is 1. The summed E-state index contributed by atoms with van der Waals surface area (Å²) in [5.41, 5.74) is -0.0692. The third-order valence-electron chi connectivity index (χ3n) is 4.45. The number of ether oxygens (including phenoxy) is 3. The summed E-state index contributed by atoms with van der Waals surface area (Å²) >= 11 is 0. The number of nitrogens with zero attached hydrogens (tertiary/aromatic N) is 1. The van der Waals surface area contributed by atoms with E-state index in [0.29, 0.717) is 43.2 Å². The number of methoxy groups -OCH3 is 2. The molecule has 1 fully saturated rings. The largest absolute Gasteiger partial charge is 0.544 e. The van der Waals surface area contributed by atoms with Crippen LogP contribution < -0.4 is 19.5 Å². The van der Waals surface area contributed by atoms with E-state index in [0.717, 1.165) is 4.90 Å². The van der Waals surface area contributed by atoms with Gasteiger partial charge in [-0.25, -0.2) is 4.79 Å². The van der Waals surface area contributed by atoms with Crippen molar-refractivity contribution in [3.63, 3.8) is 0 Å². The summed E-state index contributed by atoms with van der Waals surface area (Å²) < 4.78 is 16.0. The lowest BCUT2D eigenvalue weighted by Gasteiger charge is -2.37. The highest BCUT2D eigenvalue weighted by atomic mass is 16.6. The van der Waals surface area contributed by atoms with Crippen LogP contribution in [-0.4, -0.2) is 63.0 Å². The molecular formula is C19H28N2O6. The third-order valence-corrected chi connectivity index (χ3v) is 4.45. The molecule has 2 rings (SSSR count). The van der Waals surface area contributed by atoms with Crippen molar-refractivity contribution < 1.29 is 33.8 Å². The van der Waals surface area contributed by atoms with Crippen molar-refractivity contribution in [2.75, 3.05) is 40.4 Å². The van der Waals surface area contributed by atoms with Crippen molar-refractivity contribution in [2.45, 2.75) is 32.4 Å². The van der Waals surface area contributed by atoms with Gasteiger partial charge < -0.3 is 29.0 Å². The zero-order valence-corrected chi connectivity index (χ0v) is 16.5. The minimum absolute atomic E-state index is 0.384. The van der Waals surface area contributed by atoms with Crippen molar-refractivity contribution in [3.05, 3.63) is 23.8 Å². The molecule has 0 spiro atoms. The standard InChI is InChI=1S/C19H28N2O6/c1-19(2,3)27-18(24)21-11-9-20(10-12-21)15(17(22)23)13-7-6-8-14(25-4)16(13)26-5/h6-8,15H,9-12H2,1-5H3,(H,22,23)/t15-/m0/s1.